The number of nitrogens with two attached hydrogens (primary N) is 1. The quantitative estimate of drug-likeness (QED) is 0.457. The molecule has 0 saturated carbocycles. The number of carbonyl (C=O) groups is 1. The van der Waals surface area contributed by atoms with Gasteiger partial charge in [0.25, 0.3) is 5.91 Å². The lowest BCUT2D eigenvalue weighted by Crippen LogP contribution is -2.45. The molecule has 0 amide bonds. The van der Waals surface area contributed by atoms with Crippen LogP contribution in [0.5, 0.6) is 0 Å². The van der Waals surface area contributed by atoms with Crippen LogP contribution in [0.15, 0.2) is 17.1 Å². The van der Waals surface area contributed by atoms with E-state index in [-0.39, 0.29) is 5.82 Å². The molecule has 12 heteroatoms. The summed E-state index contributed by atoms with van der Waals surface area (Å²) in [7, 11) is -3.71. The summed E-state index contributed by atoms with van der Waals surface area (Å²) in [5, 5.41) is 19.6. The van der Waals surface area contributed by atoms with Crippen molar-refractivity contribution in [2.45, 2.75) is 52.1 Å². The van der Waals surface area contributed by atoms with Crippen molar-refractivity contribution in [1.29, 1.82) is 0 Å². The van der Waals surface area contributed by atoms with Crippen LogP contribution >= 0.6 is 7.60 Å². The molecule has 0 spiro atoms. The first-order chi connectivity index (χ1) is 12.5. The summed E-state index contributed by atoms with van der Waals surface area (Å²) in [5.74, 6) is -1.18. The standard InChI is InChI=1S/C15H26N3O8P/c1-9(2)25-27(23,26-10(3)4)8-24-11(7-19)13(20)14(21)18-6-5-12(16)17-15(18)22/h5-6,9-11,13,19-20H,7-8H2,1-4H3,(H2,16,17,22)/t11-,13+/m0/s1. The zero-order valence-corrected chi connectivity index (χ0v) is 16.5. The highest BCUT2D eigenvalue weighted by molar-refractivity contribution is 7.53. The Morgan fingerprint density at radius 1 is 1.30 bits per heavy atom. The van der Waals surface area contributed by atoms with E-state index < -0.39 is 56.6 Å². The van der Waals surface area contributed by atoms with Gasteiger partial charge in [-0.3, -0.25) is 9.36 Å². The van der Waals surface area contributed by atoms with E-state index in [0.717, 1.165) is 6.20 Å². The fourth-order valence-electron chi connectivity index (χ4n) is 2.04. The van der Waals surface area contributed by atoms with Crippen LogP contribution in [-0.4, -0.2) is 63.0 Å². The van der Waals surface area contributed by atoms with Crippen LogP contribution in [-0.2, 0) is 18.3 Å². The molecule has 1 aromatic heterocycles. The van der Waals surface area contributed by atoms with Crippen molar-refractivity contribution in [2.24, 2.45) is 0 Å². The molecule has 0 saturated heterocycles. The third-order valence-corrected chi connectivity index (χ3v) is 4.99. The number of hydrogen-bond donors (Lipinski definition) is 3. The molecular weight excluding hydrogens is 381 g/mol. The van der Waals surface area contributed by atoms with E-state index in [1.807, 2.05) is 0 Å². The lowest BCUT2D eigenvalue weighted by molar-refractivity contribution is -0.0463. The second-order valence-electron chi connectivity index (χ2n) is 6.22. The van der Waals surface area contributed by atoms with Crippen LogP contribution in [0.25, 0.3) is 0 Å². The van der Waals surface area contributed by atoms with Gasteiger partial charge in [-0.25, -0.2) is 9.36 Å². The van der Waals surface area contributed by atoms with Crippen molar-refractivity contribution < 1.29 is 33.4 Å². The predicted molar refractivity (Wildman–Crippen MR) is 96.4 cm³/mol. The van der Waals surface area contributed by atoms with Crippen LogP contribution in [0, 0.1) is 0 Å². The number of nitrogens with zero attached hydrogens (tertiary/aromatic N) is 2. The van der Waals surface area contributed by atoms with Crippen molar-refractivity contribution in [3.05, 3.63) is 22.7 Å². The molecular formula is C15H26N3O8P. The van der Waals surface area contributed by atoms with Gasteiger partial charge in [0.1, 0.15) is 18.3 Å². The highest BCUT2D eigenvalue weighted by Crippen LogP contribution is 2.50. The van der Waals surface area contributed by atoms with E-state index in [2.05, 4.69) is 4.98 Å². The van der Waals surface area contributed by atoms with Crippen molar-refractivity contribution in [3.63, 3.8) is 0 Å². The largest absolute Gasteiger partial charge is 0.394 e. The molecule has 0 bridgehead atoms. The second kappa shape index (κ2) is 10.1. The van der Waals surface area contributed by atoms with Gasteiger partial charge in [-0.15, -0.1) is 0 Å². The number of aromatic nitrogens is 2. The molecule has 0 aromatic carbocycles. The van der Waals surface area contributed by atoms with Crippen molar-refractivity contribution in [1.82, 2.24) is 9.55 Å². The van der Waals surface area contributed by atoms with Crippen LogP contribution in [0.4, 0.5) is 5.82 Å². The molecule has 4 N–H and O–H groups in total. The summed E-state index contributed by atoms with van der Waals surface area (Å²) in [5.41, 5.74) is 4.35. The molecule has 27 heavy (non-hydrogen) atoms. The number of hydrogen-bond acceptors (Lipinski definition) is 10. The predicted octanol–water partition coefficient (Wildman–Crippen LogP) is 0.205. The lowest BCUT2D eigenvalue weighted by Gasteiger charge is -2.26. The molecule has 0 radical (unpaired) electrons. The summed E-state index contributed by atoms with van der Waals surface area (Å²) < 4.78 is 29.0. The Balaban J connectivity index is 2.90. The van der Waals surface area contributed by atoms with Gasteiger partial charge >= 0.3 is 13.3 Å². The Morgan fingerprint density at radius 2 is 1.85 bits per heavy atom. The maximum absolute atomic E-state index is 12.7. The van der Waals surface area contributed by atoms with Crippen LogP contribution in [0.2, 0.25) is 0 Å². The topological polar surface area (TPSA) is 163 Å². The summed E-state index contributed by atoms with van der Waals surface area (Å²) in [6, 6.07) is 1.20. The van der Waals surface area contributed by atoms with E-state index in [1.165, 1.54) is 6.07 Å². The van der Waals surface area contributed by atoms with Crippen LogP contribution in [0.1, 0.15) is 32.5 Å². The molecule has 11 nitrogen and oxygen atoms in total. The van der Waals surface area contributed by atoms with Crippen molar-refractivity contribution in [3.8, 4) is 0 Å². The van der Waals surface area contributed by atoms with Gasteiger partial charge in [-0.05, 0) is 33.8 Å². The van der Waals surface area contributed by atoms with Gasteiger partial charge in [0.15, 0.2) is 6.10 Å². The second-order valence-corrected chi connectivity index (χ2v) is 8.13. The summed E-state index contributed by atoms with van der Waals surface area (Å²) >= 11 is 0. The lowest BCUT2D eigenvalue weighted by atomic mass is 10.2. The molecule has 1 aromatic rings. The van der Waals surface area contributed by atoms with Gasteiger partial charge < -0.3 is 29.7 Å². The third kappa shape index (κ3) is 7.13. The Hall–Kier alpha value is -1.62. The van der Waals surface area contributed by atoms with Crippen LogP contribution < -0.4 is 11.4 Å². The number of anilines is 1. The zero-order chi connectivity index (χ0) is 20.8. The molecule has 0 aliphatic rings. The van der Waals surface area contributed by atoms with Gasteiger partial charge in [-0.1, -0.05) is 0 Å². The van der Waals surface area contributed by atoms with E-state index in [9.17, 15) is 24.4 Å². The molecule has 0 unspecified atom stereocenters. The Labute approximate surface area is 156 Å². The number of aliphatic hydroxyl groups is 2. The zero-order valence-electron chi connectivity index (χ0n) is 15.6. The van der Waals surface area contributed by atoms with Crippen molar-refractivity contribution in [2.75, 3.05) is 18.7 Å². The monoisotopic (exact) mass is 407 g/mol. The van der Waals surface area contributed by atoms with E-state index in [1.54, 1.807) is 27.7 Å². The molecule has 2 atom stereocenters. The highest BCUT2D eigenvalue weighted by atomic mass is 31.2. The molecule has 1 heterocycles. The number of carbonyl (C=O) groups excluding carboxylic acids is 1. The third-order valence-electron chi connectivity index (χ3n) is 3.04. The summed E-state index contributed by atoms with van der Waals surface area (Å²) in [4.78, 5) is 27.4. The first kappa shape index (κ1) is 23.4. The van der Waals surface area contributed by atoms with Gasteiger partial charge in [0.2, 0.25) is 0 Å². The molecule has 0 aliphatic carbocycles. The normalized spacial score (nSPS) is 14.5. The maximum Gasteiger partial charge on any atom is 0.356 e. The van der Waals surface area contributed by atoms with Gasteiger partial charge in [-0.2, -0.15) is 4.98 Å². The fraction of sp³-hybridized carbons (Fsp3) is 0.667. The minimum Gasteiger partial charge on any atom is -0.394 e. The minimum absolute atomic E-state index is 0.0916. The Bertz CT molecular complexity index is 722. The number of rotatable bonds is 10. The highest BCUT2D eigenvalue weighted by Gasteiger charge is 2.34. The van der Waals surface area contributed by atoms with E-state index in [4.69, 9.17) is 19.5 Å². The summed E-state index contributed by atoms with van der Waals surface area (Å²) in [6.45, 7) is 5.82. The Morgan fingerprint density at radius 3 is 2.30 bits per heavy atom. The van der Waals surface area contributed by atoms with E-state index in [0.29, 0.717) is 4.57 Å². The first-order valence-corrected chi connectivity index (χ1v) is 9.97. The maximum atomic E-state index is 12.7. The molecule has 1 rings (SSSR count). The molecule has 0 aliphatic heterocycles. The number of ether oxygens (including phenoxy) is 1. The fourth-order valence-corrected chi connectivity index (χ4v) is 3.87. The summed E-state index contributed by atoms with van der Waals surface area (Å²) in [6.07, 6.45) is -3.83. The number of nitrogen functional groups attached to an aromatic ring is 1. The van der Waals surface area contributed by atoms with Crippen molar-refractivity contribution >= 4 is 19.3 Å². The SMILES string of the molecule is CC(C)OP(=O)(CO[C@@H](CO)[C@@H](O)C(=O)n1ccc(N)nc1=O)OC(C)C. The number of aliphatic hydroxyl groups excluding tert-OH is 2. The average molecular weight is 407 g/mol. The van der Waals surface area contributed by atoms with E-state index >= 15 is 0 Å². The first-order valence-electron chi connectivity index (χ1n) is 8.25. The average Bonchev–Trinajstić information content (AvgIpc) is 2.52. The smallest absolute Gasteiger partial charge is 0.356 e. The van der Waals surface area contributed by atoms with Gasteiger partial charge in [0, 0.05) is 6.20 Å². The van der Waals surface area contributed by atoms with Gasteiger partial charge in [0.05, 0.1) is 18.8 Å². The molecule has 154 valence electrons. The van der Waals surface area contributed by atoms with Crippen LogP contribution in [0.3, 0.4) is 0 Å². The molecule has 0 fully saturated rings. The Kier molecular flexibility index (Phi) is 8.73. The minimum atomic E-state index is -3.71.